The molecule has 1 N–H and O–H groups in total. The summed E-state index contributed by atoms with van der Waals surface area (Å²) in [5.41, 5.74) is 1.66. The molecule has 1 amide bonds. The number of benzene rings is 2. The maximum Gasteiger partial charge on any atom is 0.251 e. The van der Waals surface area contributed by atoms with E-state index in [2.05, 4.69) is 26.1 Å². The molecule has 1 aliphatic heterocycles. The Morgan fingerprint density at radius 2 is 1.61 bits per heavy atom. The molecule has 1 saturated heterocycles. The molecule has 0 aliphatic carbocycles. The summed E-state index contributed by atoms with van der Waals surface area (Å²) in [5.74, 6) is -0.104. The Hall–Kier alpha value is -1.74. The largest absolute Gasteiger partial charge is 0.351 e. The van der Waals surface area contributed by atoms with Gasteiger partial charge in [-0.3, -0.25) is 9.69 Å². The number of amides is 1. The van der Waals surface area contributed by atoms with E-state index in [9.17, 15) is 13.2 Å². The van der Waals surface area contributed by atoms with Crippen molar-refractivity contribution in [3.63, 3.8) is 0 Å². The molecule has 2 aromatic rings. The van der Waals surface area contributed by atoms with Gasteiger partial charge < -0.3 is 5.32 Å². The van der Waals surface area contributed by atoms with Crippen LogP contribution in [0.25, 0.3) is 0 Å². The molecular formula is C20H24BrN3O3S. The fraction of sp³-hybridized carbons (Fsp3) is 0.350. The first-order valence-corrected chi connectivity index (χ1v) is 11.4. The lowest BCUT2D eigenvalue weighted by molar-refractivity contribution is 0.0945. The van der Waals surface area contributed by atoms with Gasteiger partial charge in [-0.05, 0) is 43.3 Å². The van der Waals surface area contributed by atoms with Gasteiger partial charge >= 0.3 is 0 Å². The Bertz CT molecular complexity index is 907. The van der Waals surface area contributed by atoms with Gasteiger partial charge in [-0.15, -0.1) is 0 Å². The third-order valence-electron chi connectivity index (χ3n) is 4.81. The monoisotopic (exact) mass is 465 g/mol. The maximum absolute atomic E-state index is 12.7. The van der Waals surface area contributed by atoms with Gasteiger partial charge in [-0.25, -0.2) is 8.42 Å². The molecule has 6 nitrogen and oxygen atoms in total. The maximum atomic E-state index is 12.7. The van der Waals surface area contributed by atoms with Gasteiger partial charge in [0.2, 0.25) is 10.0 Å². The summed E-state index contributed by atoms with van der Waals surface area (Å²) in [4.78, 5) is 14.6. The van der Waals surface area contributed by atoms with E-state index in [-0.39, 0.29) is 5.91 Å². The second kappa shape index (κ2) is 9.17. The molecular weight excluding hydrogens is 442 g/mol. The number of carbonyl (C=O) groups is 1. The lowest BCUT2D eigenvalue weighted by Crippen LogP contribution is -2.50. The van der Waals surface area contributed by atoms with Crippen LogP contribution in [0, 0.1) is 6.92 Å². The fourth-order valence-electron chi connectivity index (χ4n) is 3.08. The number of halogens is 1. The van der Waals surface area contributed by atoms with E-state index >= 15 is 0 Å². The molecule has 1 aliphatic rings. The average Bonchev–Trinajstić information content (AvgIpc) is 2.69. The van der Waals surface area contributed by atoms with E-state index in [0.717, 1.165) is 10.0 Å². The zero-order valence-corrected chi connectivity index (χ0v) is 18.2. The molecule has 28 heavy (non-hydrogen) atoms. The minimum Gasteiger partial charge on any atom is -0.351 e. The molecule has 1 heterocycles. The highest BCUT2D eigenvalue weighted by Crippen LogP contribution is 2.18. The predicted molar refractivity (Wildman–Crippen MR) is 113 cm³/mol. The second-order valence-corrected chi connectivity index (χ2v) is 9.68. The van der Waals surface area contributed by atoms with Crippen LogP contribution in [0.1, 0.15) is 15.9 Å². The third-order valence-corrected chi connectivity index (χ3v) is 7.25. The zero-order chi connectivity index (χ0) is 20.1. The van der Waals surface area contributed by atoms with Crippen molar-refractivity contribution in [2.24, 2.45) is 0 Å². The van der Waals surface area contributed by atoms with Crippen LogP contribution in [0.15, 0.2) is 57.9 Å². The van der Waals surface area contributed by atoms with E-state index in [1.165, 1.54) is 4.31 Å². The van der Waals surface area contributed by atoms with Crippen LogP contribution in [0.2, 0.25) is 0 Å². The van der Waals surface area contributed by atoms with Crippen molar-refractivity contribution in [2.45, 2.75) is 11.8 Å². The number of carbonyl (C=O) groups excluding carboxylic acids is 1. The molecule has 0 saturated carbocycles. The Morgan fingerprint density at radius 3 is 2.21 bits per heavy atom. The summed E-state index contributed by atoms with van der Waals surface area (Å²) in [5, 5.41) is 2.91. The van der Waals surface area contributed by atoms with Crippen molar-refractivity contribution in [1.82, 2.24) is 14.5 Å². The van der Waals surface area contributed by atoms with Crippen molar-refractivity contribution < 1.29 is 13.2 Å². The Balaban J connectivity index is 1.45. The van der Waals surface area contributed by atoms with Crippen LogP contribution < -0.4 is 5.32 Å². The summed E-state index contributed by atoms with van der Waals surface area (Å²) in [6, 6.07) is 14.2. The molecule has 0 radical (unpaired) electrons. The fourth-order valence-corrected chi connectivity index (χ4v) is 4.77. The Morgan fingerprint density at radius 1 is 1.00 bits per heavy atom. The first-order valence-electron chi connectivity index (χ1n) is 9.19. The Kier molecular flexibility index (Phi) is 6.87. The van der Waals surface area contributed by atoms with Crippen LogP contribution in [-0.4, -0.2) is 62.8 Å². The molecule has 3 rings (SSSR count). The van der Waals surface area contributed by atoms with Gasteiger partial charge in [0, 0.05) is 49.3 Å². The topological polar surface area (TPSA) is 69.7 Å². The normalized spacial score (nSPS) is 16.1. The third kappa shape index (κ3) is 5.20. The smallest absolute Gasteiger partial charge is 0.251 e. The van der Waals surface area contributed by atoms with Gasteiger partial charge in [0.1, 0.15) is 0 Å². The summed E-state index contributed by atoms with van der Waals surface area (Å²) in [6.07, 6.45) is 0. The van der Waals surface area contributed by atoms with Crippen molar-refractivity contribution in [2.75, 3.05) is 39.3 Å². The van der Waals surface area contributed by atoms with Crippen LogP contribution >= 0.6 is 15.9 Å². The molecule has 2 aromatic carbocycles. The van der Waals surface area contributed by atoms with E-state index in [0.29, 0.717) is 49.7 Å². The van der Waals surface area contributed by atoms with Crippen LogP contribution in [0.3, 0.4) is 0 Å². The highest BCUT2D eigenvalue weighted by Gasteiger charge is 2.28. The minimum atomic E-state index is -3.44. The predicted octanol–water partition coefficient (Wildman–Crippen LogP) is 2.49. The molecule has 0 spiro atoms. The Labute approximate surface area is 174 Å². The number of sulfonamides is 1. The van der Waals surface area contributed by atoms with Gasteiger partial charge in [-0.1, -0.05) is 33.6 Å². The summed E-state index contributed by atoms with van der Waals surface area (Å²) in [7, 11) is -3.44. The lowest BCUT2D eigenvalue weighted by Gasteiger charge is -2.34. The molecule has 0 aromatic heterocycles. The van der Waals surface area contributed by atoms with Gasteiger partial charge in [0.25, 0.3) is 5.91 Å². The van der Waals surface area contributed by atoms with Crippen LogP contribution in [-0.2, 0) is 10.0 Å². The minimum absolute atomic E-state index is 0.104. The lowest BCUT2D eigenvalue weighted by atomic mass is 10.2. The molecule has 1 fully saturated rings. The first-order chi connectivity index (χ1) is 13.4. The summed E-state index contributed by atoms with van der Waals surface area (Å²) < 4.78 is 27.9. The van der Waals surface area contributed by atoms with Gasteiger partial charge in [-0.2, -0.15) is 4.31 Å². The average molecular weight is 466 g/mol. The number of hydrogen-bond donors (Lipinski definition) is 1. The second-order valence-electron chi connectivity index (χ2n) is 6.82. The van der Waals surface area contributed by atoms with Crippen molar-refractivity contribution in [1.29, 1.82) is 0 Å². The van der Waals surface area contributed by atoms with Crippen molar-refractivity contribution in [3.8, 4) is 0 Å². The number of nitrogens with zero attached hydrogens (tertiary/aromatic N) is 2. The molecule has 0 bridgehead atoms. The van der Waals surface area contributed by atoms with E-state index in [1.807, 2.05) is 31.2 Å². The zero-order valence-electron chi connectivity index (χ0n) is 15.8. The van der Waals surface area contributed by atoms with Gasteiger partial charge in [0.05, 0.1) is 4.90 Å². The SMILES string of the molecule is Cc1ccc(S(=O)(=O)N2CCN(CCNC(=O)c3ccc(Br)cc3)CC2)cc1. The number of aryl methyl sites for hydroxylation is 1. The molecule has 8 heteroatoms. The van der Waals surface area contributed by atoms with Crippen molar-refractivity contribution in [3.05, 3.63) is 64.1 Å². The van der Waals surface area contributed by atoms with Crippen molar-refractivity contribution >= 4 is 31.9 Å². The standard InChI is InChI=1S/C20H24BrN3O3S/c1-16-2-8-19(9-3-16)28(26,27)24-14-12-23(13-15-24)11-10-22-20(25)17-4-6-18(21)7-5-17/h2-9H,10-15H2,1H3,(H,22,25). The van der Waals surface area contributed by atoms with Crippen LogP contribution in [0.4, 0.5) is 0 Å². The molecule has 150 valence electrons. The summed E-state index contributed by atoms with van der Waals surface area (Å²) >= 11 is 3.35. The highest BCUT2D eigenvalue weighted by molar-refractivity contribution is 9.10. The molecule has 0 unspecified atom stereocenters. The first kappa shape index (κ1) is 21.0. The highest BCUT2D eigenvalue weighted by atomic mass is 79.9. The number of nitrogens with one attached hydrogen (secondary N) is 1. The van der Waals surface area contributed by atoms with Crippen LogP contribution in [0.5, 0.6) is 0 Å². The van der Waals surface area contributed by atoms with E-state index in [1.54, 1.807) is 24.3 Å². The number of rotatable bonds is 6. The quantitative estimate of drug-likeness (QED) is 0.711. The molecule has 0 atom stereocenters. The number of hydrogen-bond acceptors (Lipinski definition) is 4. The summed E-state index contributed by atoms with van der Waals surface area (Å²) in [6.45, 7) is 5.37. The number of piperazine rings is 1. The van der Waals surface area contributed by atoms with E-state index < -0.39 is 10.0 Å². The van der Waals surface area contributed by atoms with Gasteiger partial charge in [0.15, 0.2) is 0 Å². The van der Waals surface area contributed by atoms with E-state index in [4.69, 9.17) is 0 Å².